The number of amides is 1. The third-order valence-electron chi connectivity index (χ3n) is 3.33. The van der Waals surface area contributed by atoms with Gasteiger partial charge in [-0.3, -0.25) is 4.79 Å². The molecule has 1 radical (unpaired) electrons. The van der Waals surface area contributed by atoms with Crippen LogP contribution in [0.3, 0.4) is 0 Å². The topological polar surface area (TPSA) is 38.8 Å². The molecular weight excluding hydrogens is 496 g/mol. The van der Waals surface area contributed by atoms with Gasteiger partial charge in [0.25, 0.3) is 6.43 Å². The van der Waals surface area contributed by atoms with E-state index in [0.29, 0.717) is 34.7 Å². The van der Waals surface area contributed by atoms with Crippen LogP contribution in [0.5, 0.6) is 5.75 Å². The van der Waals surface area contributed by atoms with Crippen molar-refractivity contribution in [2.75, 3.05) is 26.9 Å². The third kappa shape index (κ3) is 6.24. The first-order valence-corrected chi connectivity index (χ1v) is 8.43. The van der Waals surface area contributed by atoms with E-state index < -0.39 is 24.3 Å². The minimum atomic E-state index is -2.66. The average Bonchev–Trinajstić information content (AvgIpc) is 2.53. The van der Waals surface area contributed by atoms with E-state index >= 15 is 0 Å². The summed E-state index contributed by atoms with van der Waals surface area (Å²) in [5.41, 5.74) is 0.874. The Bertz CT molecular complexity index is 633. The van der Waals surface area contributed by atoms with Crippen molar-refractivity contribution in [1.82, 2.24) is 4.90 Å². The van der Waals surface area contributed by atoms with Gasteiger partial charge < -0.3 is 14.4 Å². The Balaban J connectivity index is 0.00000312. The predicted octanol–water partition coefficient (Wildman–Crippen LogP) is 3.72. The molecule has 1 unspecified atom stereocenters. The predicted molar refractivity (Wildman–Crippen MR) is 90.1 cm³/mol. The number of carbonyl (C=O) groups excluding carboxylic acids is 1. The molecule has 135 valence electrons. The minimum Gasteiger partial charge on any atom is -0.491 e. The van der Waals surface area contributed by atoms with E-state index in [9.17, 15) is 13.6 Å². The van der Waals surface area contributed by atoms with Crippen molar-refractivity contribution in [2.45, 2.75) is 18.2 Å². The number of allylic oxidation sites excluding steroid dienone is 1. The van der Waals surface area contributed by atoms with Gasteiger partial charge in [-0.2, -0.15) is 0 Å². The first-order chi connectivity index (χ1) is 11.4. The normalized spacial score (nSPS) is 17.4. The quantitative estimate of drug-likeness (QED) is 0.318. The summed E-state index contributed by atoms with van der Waals surface area (Å²) >= 11 is 9.27. The van der Waals surface area contributed by atoms with Crippen LogP contribution in [0.1, 0.15) is 12.0 Å². The molecule has 0 aliphatic carbocycles. The van der Waals surface area contributed by atoms with E-state index in [0.717, 1.165) is 4.90 Å². The van der Waals surface area contributed by atoms with Gasteiger partial charge in [0.15, 0.2) is 0 Å². The van der Waals surface area contributed by atoms with Crippen molar-refractivity contribution in [3.63, 3.8) is 0 Å². The SMILES string of the molecule is COCCOc1ccc(C2=[C-]CC(Cl)C(=O)N2CC(F)F)c(Br)c1.[Y]. The minimum absolute atomic E-state index is 0. The maximum absolute atomic E-state index is 12.8. The largest absolute Gasteiger partial charge is 0.491 e. The molecule has 0 saturated heterocycles. The van der Waals surface area contributed by atoms with Gasteiger partial charge in [-0.1, -0.05) is 26.8 Å². The maximum atomic E-state index is 12.8. The zero-order chi connectivity index (χ0) is 17.7. The Labute approximate surface area is 183 Å². The molecule has 4 nitrogen and oxygen atoms in total. The number of ether oxygens (including phenoxy) is 2. The van der Waals surface area contributed by atoms with E-state index in [1.54, 1.807) is 25.3 Å². The van der Waals surface area contributed by atoms with Crippen molar-refractivity contribution in [3.05, 3.63) is 34.3 Å². The van der Waals surface area contributed by atoms with Gasteiger partial charge in [0.2, 0.25) is 5.91 Å². The Morgan fingerprint density at radius 1 is 1.44 bits per heavy atom. The maximum Gasteiger partial charge on any atom is 0.256 e. The molecule has 1 aliphatic heterocycles. The fraction of sp³-hybridized carbons (Fsp3) is 0.438. The molecule has 25 heavy (non-hydrogen) atoms. The molecule has 0 saturated carbocycles. The standard InChI is InChI=1S/C16H16BrClF2NO3.Y/c1-23-6-7-24-10-2-3-11(12(17)8-10)14-5-4-13(18)16(22)21(14)9-15(19)20;/h2-3,8,13,15H,4,6-7,9H2,1H3;/q-1;. The smallest absolute Gasteiger partial charge is 0.256 e. The van der Waals surface area contributed by atoms with Gasteiger partial charge in [0.1, 0.15) is 17.7 Å². The second kappa shape index (κ2) is 10.9. The van der Waals surface area contributed by atoms with Gasteiger partial charge in [-0.25, -0.2) is 14.9 Å². The van der Waals surface area contributed by atoms with Crippen LogP contribution in [0.25, 0.3) is 5.70 Å². The molecule has 1 heterocycles. The number of rotatable bonds is 7. The van der Waals surface area contributed by atoms with Crippen LogP contribution < -0.4 is 4.74 Å². The fourth-order valence-electron chi connectivity index (χ4n) is 2.23. The van der Waals surface area contributed by atoms with Crippen molar-refractivity contribution in [1.29, 1.82) is 0 Å². The van der Waals surface area contributed by atoms with Gasteiger partial charge in [0, 0.05) is 39.8 Å². The van der Waals surface area contributed by atoms with Crippen molar-refractivity contribution in [2.24, 2.45) is 0 Å². The zero-order valence-corrected chi connectivity index (χ0v) is 18.7. The Kier molecular flexibility index (Phi) is 10.0. The number of benzene rings is 1. The number of methoxy groups -OCH3 is 1. The van der Waals surface area contributed by atoms with Crippen LogP contribution in [0.4, 0.5) is 8.78 Å². The summed E-state index contributed by atoms with van der Waals surface area (Å²) < 4.78 is 36.7. The molecule has 0 N–H and O–H groups in total. The summed E-state index contributed by atoms with van der Waals surface area (Å²) in [6.45, 7) is 0.121. The van der Waals surface area contributed by atoms with Crippen LogP contribution in [0.15, 0.2) is 22.7 Å². The molecule has 0 aromatic heterocycles. The van der Waals surface area contributed by atoms with Crippen LogP contribution in [-0.4, -0.2) is 49.5 Å². The van der Waals surface area contributed by atoms with Crippen molar-refractivity contribution < 1.29 is 55.8 Å². The van der Waals surface area contributed by atoms with Gasteiger partial charge in [0.05, 0.1) is 13.2 Å². The Hall–Kier alpha value is -0.0761. The van der Waals surface area contributed by atoms with Crippen molar-refractivity contribution in [3.8, 4) is 5.75 Å². The van der Waals surface area contributed by atoms with Crippen LogP contribution in [0, 0.1) is 6.08 Å². The molecule has 1 aromatic rings. The monoisotopic (exact) mass is 511 g/mol. The summed E-state index contributed by atoms with van der Waals surface area (Å²) in [4.78, 5) is 13.1. The first-order valence-electron chi connectivity index (χ1n) is 7.20. The van der Waals surface area contributed by atoms with Gasteiger partial charge in [-0.15, -0.1) is 28.9 Å². The molecule has 1 aromatic carbocycles. The molecule has 0 spiro atoms. The summed E-state index contributed by atoms with van der Waals surface area (Å²) in [5, 5.41) is -0.872. The molecule has 0 bridgehead atoms. The number of carbonyl (C=O) groups is 1. The molecule has 1 atom stereocenters. The van der Waals surface area contributed by atoms with E-state index in [1.807, 2.05) is 0 Å². The van der Waals surface area contributed by atoms with Crippen LogP contribution in [-0.2, 0) is 42.2 Å². The molecule has 0 fully saturated rings. The summed E-state index contributed by atoms with van der Waals surface area (Å²) in [5.74, 6) is 0.0547. The first kappa shape index (κ1) is 23.0. The number of hydrogen-bond acceptors (Lipinski definition) is 3. The van der Waals surface area contributed by atoms with E-state index in [4.69, 9.17) is 21.1 Å². The van der Waals surface area contributed by atoms with Gasteiger partial charge >= 0.3 is 0 Å². The van der Waals surface area contributed by atoms with Crippen molar-refractivity contribution >= 4 is 39.1 Å². The fourth-order valence-corrected chi connectivity index (χ4v) is 2.97. The Morgan fingerprint density at radius 3 is 2.76 bits per heavy atom. The second-order valence-electron chi connectivity index (χ2n) is 5.02. The summed E-state index contributed by atoms with van der Waals surface area (Å²) in [7, 11) is 1.58. The molecule has 1 amide bonds. The third-order valence-corrected chi connectivity index (χ3v) is 4.32. The number of halogens is 4. The van der Waals surface area contributed by atoms with Crippen LogP contribution >= 0.6 is 27.5 Å². The van der Waals surface area contributed by atoms with Gasteiger partial charge in [-0.05, 0) is 12.1 Å². The number of alkyl halides is 3. The number of nitrogens with zero attached hydrogens (tertiary/aromatic N) is 1. The van der Waals surface area contributed by atoms with E-state index in [1.165, 1.54) is 0 Å². The number of hydrogen-bond donors (Lipinski definition) is 0. The molecule has 2 rings (SSSR count). The Morgan fingerprint density at radius 2 is 2.16 bits per heavy atom. The van der Waals surface area contributed by atoms with E-state index in [2.05, 4.69) is 22.0 Å². The summed E-state index contributed by atoms with van der Waals surface area (Å²) in [6.07, 6.45) is 0.460. The molecule has 9 heteroatoms. The van der Waals surface area contributed by atoms with E-state index in [-0.39, 0.29) is 39.1 Å². The molecular formula is C16H16BrClF2NO3Y-. The molecule has 1 aliphatic rings. The second-order valence-corrected chi connectivity index (χ2v) is 6.40. The van der Waals surface area contributed by atoms with Crippen LogP contribution in [0.2, 0.25) is 0 Å². The average molecular weight is 513 g/mol. The summed E-state index contributed by atoms with van der Waals surface area (Å²) in [6, 6.07) is 5.09. The zero-order valence-electron chi connectivity index (χ0n) is 13.5.